The molecule has 7 nitrogen and oxygen atoms in total. The monoisotopic (exact) mass is 499 g/mol. The highest BCUT2D eigenvalue weighted by atomic mass is 32.2. The van der Waals surface area contributed by atoms with Crippen molar-refractivity contribution in [2.75, 3.05) is 14.9 Å². The first-order valence-corrected chi connectivity index (χ1v) is 12.7. The van der Waals surface area contributed by atoms with E-state index in [9.17, 15) is 18.0 Å². The minimum atomic E-state index is -3.99. The summed E-state index contributed by atoms with van der Waals surface area (Å²) in [5.74, 6) is -0.643. The van der Waals surface area contributed by atoms with E-state index < -0.39 is 15.9 Å². The van der Waals surface area contributed by atoms with Crippen LogP contribution in [0.1, 0.15) is 22.8 Å². The lowest BCUT2D eigenvalue weighted by atomic mass is 10.2. The molecule has 0 atom stereocenters. The zero-order chi connectivity index (χ0) is 25.5. The molecule has 0 fully saturated rings. The van der Waals surface area contributed by atoms with Gasteiger partial charge < -0.3 is 10.6 Å². The first kappa shape index (κ1) is 24.7. The second kappa shape index (κ2) is 10.9. The lowest BCUT2D eigenvalue weighted by Crippen LogP contribution is -2.30. The van der Waals surface area contributed by atoms with Crippen LogP contribution in [0.4, 0.5) is 17.1 Å². The Labute approximate surface area is 210 Å². The summed E-state index contributed by atoms with van der Waals surface area (Å²) in [6.07, 6.45) is 0. The number of hydrogen-bond acceptors (Lipinski definition) is 4. The van der Waals surface area contributed by atoms with E-state index in [-0.39, 0.29) is 22.9 Å². The van der Waals surface area contributed by atoms with Gasteiger partial charge in [-0.25, -0.2) is 8.42 Å². The summed E-state index contributed by atoms with van der Waals surface area (Å²) in [5.41, 5.74) is 2.68. The zero-order valence-corrected chi connectivity index (χ0v) is 20.4. The van der Waals surface area contributed by atoms with Gasteiger partial charge in [0.05, 0.1) is 17.1 Å². The molecular formula is C28H25N3O4S. The van der Waals surface area contributed by atoms with E-state index in [4.69, 9.17) is 0 Å². The zero-order valence-electron chi connectivity index (χ0n) is 19.6. The largest absolute Gasteiger partial charge is 0.326 e. The van der Waals surface area contributed by atoms with Crippen molar-refractivity contribution in [3.05, 3.63) is 120 Å². The van der Waals surface area contributed by atoms with Crippen LogP contribution >= 0.6 is 0 Å². The molecular weight excluding hydrogens is 474 g/mol. The summed E-state index contributed by atoms with van der Waals surface area (Å²) in [5, 5.41) is 5.42. The quantitative estimate of drug-likeness (QED) is 0.344. The fourth-order valence-corrected chi connectivity index (χ4v) is 5.13. The number of amides is 2. The Balaban J connectivity index is 1.60. The van der Waals surface area contributed by atoms with Crippen molar-refractivity contribution in [1.29, 1.82) is 0 Å². The highest BCUT2D eigenvalue weighted by Gasteiger charge is 2.26. The number of hydrogen-bond donors (Lipinski definition) is 2. The van der Waals surface area contributed by atoms with Gasteiger partial charge >= 0.3 is 0 Å². The van der Waals surface area contributed by atoms with Gasteiger partial charge in [0.2, 0.25) is 5.91 Å². The van der Waals surface area contributed by atoms with Gasteiger partial charge in [-0.3, -0.25) is 13.9 Å². The van der Waals surface area contributed by atoms with E-state index >= 15 is 0 Å². The standard InChI is InChI=1S/C28H25N3O4S/c1-21(32)29-24-15-17-25(18-16-24)30-28(33)23-11-8-14-27(19-23)36(34,35)31(26-12-6-3-7-13-26)20-22-9-4-2-5-10-22/h2-19H,20H2,1H3,(H,29,32)(H,30,33). The molecule has 0 spiro atoms. The first-order valence-electron chi connectivity index (χ1n) is 11.2. The maximum atomic E-state index is 13.8. The van der Waals surface area contributed by atoms with Gasteiger partial charge in [0.1, 0.15) is 0 Å². The number of sulfonamides is 1. The minimum absolute atomic E-state index is 0.0101. The topological polar surface area (TPSA) is 95.6 Å². The number of benzene rings is 4. The van der Waals surface area contributed by atoms with Crippen molar-refractivity contribution in [2.24, 2.45) is 0 Å². The Bertz CT molecular complexity index is 1460. The van der Waals surface area contributed by atoms with Gasteiger partial charge in [-0.15, -0.1) is 0 Å². The molecule has 0 unspecified atom stereocenters. The third-order valence-electron chi connectivity index (χ3n) is 5.36. The maximum absolute atomic E-state index is 13.8. The number of nitrogens with one attached hydrogen (secondary N) is 2. The molecule has 0 aliphatic carbocycles. The highest BCUT2D eigenvalue weighted by molar-refractivity contribution is 7.92. The predicted octanol–water partition coefficient (Wildman–Crippen LogP) is 5.29. The Morgan fingerprint density at radius 2 is 1.31 bits per heavy atom. The molecule has 2 N–H and O–H groups in total. The molecule has 0 aromatic heterocycles. The smallest absolute Gasteiger partial charge is 0.264 e. The summed E-state index contributed by atoms with van der Waals surface area (Å²) in [7, 11) is -3.99. The number of nitrogens with zero attached hydrogens (tertiary/aromatic N) is 1. The van der Waals surface area contributed by atoms with Crippen molar-refractivity contribution in [3.63, 3.8) is 0 Å². The number of para-hydroxylation sites is 1. The maximum Gasteiger partial charge on any atom is 0.264 e. The summed E-state index contributed by atoms with van der Waals surface area (Å²) in [4.78, 5) is 24.1. The second-order valence-electron chi connectivity index (χ2n) is 8.07. The van der Waals surface area contributed by atoms with Gasteiger partial charge in [0.15, 0.2) is 0 Å². The normalized spacial score (nSPS) is 10.9. The first-order chi connectivity index (χ1) is 17.3. The van der Waals surface area contributed by atoms with Crippen LogP contribution in [-0.2, 0) is 21.4 Å². The van der Waals surface area contributed by atoms with E-state index in [0.717, 1.165) is 5.56 Å². The molecule has 0 aliphatic rings. The summed E-state index contributed by atoms with van der Waals surface area (Å²) in [6, 6.07) is 30.8. The molecule has 0 saturated carbocycles. The highest BCUT2D eigenvalue weighted by Crippen LogP contribution is 2.26. The van der Waals surface area contributed by atoms with Gasteiger partial charge in [-0.05, 0) is 60.2 Å². The third kappa shape index (κ3) is 5.97. The molecule has 0 heterocycles. The van der Waals surface area contributed by atoms with Crippen molar-refractivity contribution in [1.82, 2.24) is 0 Å². The van der Waals surface area contributed by atoms with Crippen molar-refractivity contribution >= 4 is 38.9 Å². The summed E-state index contributed by atoms with van der Waals surface area (Å²) >= 11 is 0. The summed E-state index contributed by atoms with van der Waals surface area (Å²) < 4.78 is 28.8. The van der Waals surface area contributed by atoms with E-state index in [2.05, 4.69) is 10.6 Å². The molecule has 4 aromatic rings. The van der Waals surface area contributed by atoms with E-state index in [1.807, 2.05) is 36.4 Å². The molecule has 8 heteroatoms. The number of carbonyl (C=O) groups is 2. The van der Waals surface area contributed by atoms with Crippen LogP contribution < -0.4 is 14.9 Å². The van der Waals surface area contributed by atoms with Crippen molar-refractivity contribution in [2.45, 2.75) is 18.4 Å². The fraction of sp³-hybridized carbons (Fsp3) is 0.0714. The Kier molecular flexibility index (Phi) is 7.46. The van der Waals surface area contributed by atoms with Crippen LogP contribution in [0.5, 0.6) is 0 Å². The van der Waals surface area contributed by atoms with Crippen LogP contribution in [0.25, 0.3) is 0 Å². The van der Waals surface area contributed by atoms with Crippen LogP contribution in [0.3, 0.4) is 0 Å². The van der Waals surface area contributed by atoms with Crippen LogP contribution in [0.15, 0.2) is 114 Å². The Morgan fingerprint density at radius 1 is 0.722 bits per heavy atom. The molecule has 0 bridgehead atoms. The number of rotatable bonds is 8. The van der Waals surface area contributed by atoms with E-state index in [1.54, 1.807) is 60.7 Å². The van der Waals surface area contributed by atoms with Crippen LogP contribution in [-0.4, -0.2) is 20.2 Å². The Morgan fingerprint density at radius 3 is 1.92 bits per heavy atom. The summed E-state index contributed by atoms with van der Waals surface area (Å²) in [6.45, 7) is 1.56. The minimum Gasteiger partial charge on any atom is -0.326 e. The van der Waals surface area contributed by atoms with Gasteiger partial charge in [0.25, 0.3) is 15.9 Å². The molecule has 182 valence electrons. The molecule has 0 radical (unpaired) electrons. The van der Waals surface area contributed by atoms with Crippen molar-refractivity contribution < 1.29 is 18.0 Å². The lowest BCUT2D eigenvalue weighted by molar-refractivity contribution is -0.114. The van der Waals surface area contributed by atoms with Crippen molar-refractivity contribution in [3.8, 4) is 0 Å². The molecule has 0 saturated heterocycles. The van der Waals surface area contributed by atoms with E-state index in [0.29, 0.717) is 17.1 Å². The van der Waals surface area contributed by atoms with Gasteiger partial charge in [0, 0.05) is 23.9 Å². The second-order valence-corrected chi connectivity index (χ2v) is 9.94. The molecule has 4 aromatic carbocycles. The number of anilines is 3. The Hall–Kier alpha value is -4.43. The SMILES string of the molecule is CC(=O)Nc1ccc(NC(=O)c2cccc(S(=O)(=O)N(Cc3ccccc3)c3ccccc3)c2)cc1. The molecule has 36 heavy (non-hydrogen) atoms. The van der Waals surface area contributed by atoms with Gasteiger partial charge in [-0.2, -0.15) is 0 Å². The lowest BCUT2D eigenvalue weighted by Gasteiger charge is -2.25. The average Bonchev–Trinajstić information content (AvgIpc) is 2.89. The number of carbonyl (C=O) groups excluding carboxylic acids is 2. The van der Waals surface area contributed by atoms with Crippen LogP contribution in [0, 0.1) is 0 Å². The third-order valence-corrected chi connectivity index (χ3v) is 7.13. The molecule has 0 aliphatic heterocycles. The molecule has 4 rings (SSSR count). The fourth-order valence-electron chi connectivity index (χ4n) is 3.63. The van der Waals surface area contributed by atoms with Crippen LogP contribution in [0.2, 0.25) is 0 Å². The van der Waals surface area contributed by atoms with Gasteiger partial charge in [-0.1, -0.05) is 54.6 Å². The van der Waals surface area contributed by atoms with E-state index in [1.165, 1.54) is 23.4 Å². The average molecular weight is 500 g/mol. The predicted molar refractivity (Wildman–Crippen MR) is 141 cm³/mol. The molecule has 2 amide bonds.